The lowest BCUT2D eigenvalue weighted by atomic mass is 10.0. The largest absolute Gasteiger partial charge is 0.466 e. The summed E-state index contributed by atoms with van der Waals surface area (Å²) in [6.07, 6.45) is 2.89. The Morgan fingerprint density at radius 1 is 1.03 bits per heavy atom. The summed E-state index contributed by atoms with van der Waals surface area (Å²) in [6.45, 7) is 0. The molecule has 0 saturated heterocycles. The Hall–Kier alpha value is -3.17. The molecule has 3 rings (SSSR count). The standard InChI is InChI=1S/C22H15ClF3NO4S/c1-31-21(28)9-5-15-11-18(20(26)12-27-15)22(17-10-14(24)4-8-19(17)25)32(29,30)16-6-2-13(23)3-7-16/h2-12,22H,1H3. The topological polar surface area (TPSA) is 73.3 Å². The Labute approximate surface area is 187 Å². The highest BCUT2D eigenvalue weighted by atomic mass is 35.5. The molecule has 0 N–H and O–H groups in total. The number of pyridine rings is 1. The molecule has 10 heteroatoms. The third-order valence-electron chi connectivity index (χ3n) is 4.47. The summed E-state index contributed by atoms with van der Waals surface area (Å²) >= 11 is 5.82. The summed E-state index contributed by atoms with van der Waals surface area (Å²) < 4.78 is 74.9. The highest BCUT2D eigenvalue weighted by molar-refractivity contribution is 7.91. The van der Waals surface area contributed by atoms with E-state index >= 15 is 0 Å². The minimum atomic E-state index is -4.49. The molecule has 0 radical (unpaired) electrons. The van der Waals surface area contributed by atoms with Crippen LogP contribution in [0.3, 0.4) is 0 Å². The van der Waals surface area contributed by atoms with Gasteiger partial charge in [-0.2, -0.15) is 0 Å². The second-order valence-electron chi connectivity index (χ2n) is 6.53. The maximum Gasteiger partial charge on any atom is 0.330 e. The first kappa shape index (κ1) is 23.5. The van der Waals surface area contributed by atoms with Crippen LogP contribution in [0.4, 0.5) is 13.2 Å². The van der Waals surface area contributed by atoms with Gasteiger partial charge in [-0.05, 0) is 54.6 Å². The predicted molar refractivity (Wildman–Crippen MR) is 112 cm³/mol. The predicted octanol–water partition coefficient (Wildman–Crippen LogP) is 4.90. The number of aromatic nitrogens is 1. The van der Waals surface area contributed by atoms with E-state index in [2.05, 4.69) is 9.72 Å². The van der Waals surface area contributed by atoms with Crippen LogP contribution in [0, 0.1) is 17.5 Å². The Morgan fingerprint density at radius 3 is 2.34 bits per heavy atom. The number of hydrogen-bond donors (Lipinski definition) is 0. The van der Waals surface area contributed by atoms with E-state index in [1.807, 2.05) is 0 Å². The Balaban J connectivity index is 2.26. The van der Waals surface area contributed by atoms with Crippen LogP contribution < -0.4 is 0 Å². The number of ether oxygens (including phenoxy) is 1. The zero-order valence-electron chi connectivity index (χ0n) is 16.4. The summed E-state index contributed by atoms with van der Waals surface area (Å²) in [5.41, 5.74) is -1.07. The van der Waals surface area contributed by atoms with Gasteiger partial charge in [0, 0.05) is 22.2 Å². The molecule has 1 aromatic heterocycles. The molecule has 0 bridgehead atoms. The second kappa shape index (κ2) is 9.54. The number of methoxy groups -OCH3 is 1. The van der Waals surface area contributed by atoms with E-state index in [1.54, 1.807) is 0 Å². The van der Waals surface area contributed by atoms with E-state index in [0.29, 0.717) is 6.07 Å². The lowest BCUT2D eigenvalue weighted by Crippen LogP contribution is -2.18. The molecule has 3 aromatic rings. The van der Waals surface area contributed by atoms with Gasteiger partial charge in [0.15, 0.2) is 9.84 Å². The van der Waals surface area contributed by atoms with Gasteiger partial charge in [0.25, 0.3) is 0 Å². The molecule has 1 atom stereocenters. The monoisotopic (exact) mass is 481 g/mol. The maximum atomic E-state index is 14.8. The lowest BCUT2D eigenvalue weighted by Gasteiger charge is -2.20. The van der Waals surface area contributed by atoms with E-state index in [9.17, 15) is 26.4 Å². The van der Waals surface area contributed by atoms with Crippen LogP contribution in [-0.2, 0) is 19.4 Å². The number of nitrogens with zero attached hydrogens (tertiary/aromatic N) is 1. The van der Waals surface area contributed by atoms with E-state index in [1.165, 1.54) is 30.3 Å². The first-order valence-corrected chi connectivity index (χ1v) is 10.9. The fraction of sp³-hybridized carbons (Fsp3) is 0.0909. The van der Waals surface area contributed by atoms with Crippen LogP contribution >= 0.6 is 11.6 Å². The molecule has 0 aliphatic rings. The number of esters is 1. The van der Waals surface area contributed by atoms with Crippen molar-refractivity contribution in [3.63, 3.8) is 0 Å². The van der Waals surface area contributed by atoms with E-state index in [4.69, 9.17) is 11.6 Å². The van der Waals surface area contributed by atoms with Gasteiger partial charge < -0.3 is 4.74 Å². The summed E-state index contributed by atoms with van der Waals surface area (Å²) in [6, 6.07) is 8.28. The quantitative estimate of drug-likeness (QED) is 0.370. The van der Waals surface area contributed by atoms with Crippen molar-refractivity contribution < 1.29 is 31.1 Å². The molecule has 1 unspecified atom stereocenters. The summed E-state index contributed by atoms with van der Waals surface area (Å²) in [5.74, 6) is -3.74. The second-order valence-corrected chi connectivity index (χ2v) is 9.00. The van der Waals surface area contributed by atoms with Gasteiger partial charge in [0.2, 0.25) is 0 Å². The fourth-order valence-electron chi connectivity index (χ4n) is 2.96. The molecule has 0 fully saturated rings. The molecule has 0 aliphatic heterocycles. The third-order valence-corrected chi connectivity index (χ3v) is 6.78. The summed E-state index contributed by atoms with van der Waals surface area (Å²) in [4.78, 5) is 14.8. The smallest absolute Gasteiger partial charge is 0.330 e. The Bertz CT molecular complexity index is 1300. The Morgan fingerprint density at radius 2 is 1.69 bits per heavy atom. The van der Waals surface area contributed by atoms with Crippen LogP contribution in [0.1, 0.15) is 22.1 Å². The van der Waals surface area contributed by atoms with E-state index < -0.39 is 49.6 Å². The van der Waals surface area contributed by atoms with Crippen molar-refractivity contribution in [1.29, 1.82) is 0 Å². The third kappa shape index (κ3) is 5.00. The van der Waals surface area contributed by atoms with E-state index in [0.717, 1.165) is 37.6 Å². The number of benzene rings is 2. The number of sulfone groups is 1. The maximum absolute atomic E-state index is 14.8. The van der Waals surface area contributed by atoms with Crippen molar-refractivity contribution in [3.8, 4) is 0 Å². The van der Waals surface area contributed by atoms with Crippen molar-refractivity contribution in [3.05, 3.63) is 100 Å². The van der Waals surface area contributed by atoms with Crippen LogP contribution in [0.25, 0.3) is 6.08 Å². The van der Waals surface area contributed by atoms with Crippen LogP contribution in [0.15, 0.2) is 65.7 Å². The van der Waals surface area contributed by atoms with Crippen molar-refractivity contribution in [2.75, 3.05) is 7.11 Å². The van der Waals surface area contributed by atoms with Crippen molar-refractivity contribution in [2.45, 2.75) is 10.1 Å². The minimum Gasteiger partial charge on any atom is -0.466 e. The molecule has 2 aromatic carbocycles. The first-order chi connectivity index (χ1) is 15.1. The van der Waals surface area contributed by atoms with Crippen LogP contribution in [0.5, 0.6) is 0 Å². The van der Waals surface area contributed by atoms with Gasteiger partial charge in [0.05, 0.1) is 23.9 Å². The zero-order chi connectivity index (χ0) is 23.5. The molecule has 1 heterocycles. The van der Waals surface area contributed by atoms with Crippen LogP contribution in [0.2, 0.25) is 5.02 Å². The molecule has 5 nitrogen and oxygen atoms in total. The van der Waals surface area contributed by atoms with Gasteiger partial charge >= 0.3 is 5.97 Å². The Kier molecular flexibility index (Phi) is 7.00. The minimum absolute atomic E-state index is 0.0000765. The fourth-order valence-corrected chi connectivity index (χ4v) is 4.91. The number of hydrogen-bond acceptors (Lipinski definition) is 5. The zero-order valence-corrected chi connectivity index (χ0v) is 18.0. The highest BCUT2D eigenvalue weighted by Gasteiger charge is 2.35. The average Bonchev–Trinajstić information content (AvgIpc) is 2.76. The molecule has 0 saturated carbocycles. The van der Waals surface area contributed by atoms with Gasteiger partial charge in [-0.1, -0.05) is 11.6 Å². The van der Waals surface area contributed by atoms with E-state index in [-0.39, 0.29) is 15.6 Å². The SMILES string of the molecule is COC(=O)C=Cc1cc(C(c2cc(F)ccc2F)S(=O)(=O)c2ccc(Cl)cc2)c(F)cn1. The van der Waals surface area contributed by atoms with Gasteiger partial charge in [-0.25, -0.2) is 26.4 Å². The molecule has 0 spiro atoms. The summed E-state index contributed by atoms with van der Waals surface area (Å²) in [5, 5.41) is -1.70. The lowest BCUT2D eigenvalue weighted by molar-refractivity contribution is -0.134. The number of rotatable bonds is 6. The van der Waals surface area contributed by atoms with Crippen molar-refractivity contribution in [1.82, 2.24) is 4.98 Å². The molecule has 32 heavy (non-hydrogen) atoms. The normalized spacial score (nSPS) is 12.7. The highest BCUT2D eigenvalue weighted by Crippen LogP contribution is 2.38. The average molecular weight is 482 g/mol. The molecule has 166 valence electrons. The molecule has 0 amide bonds. The van der Waals surface area contributed by atoms with Crippen molar-refractivity contribution >= 4 is 33.5 Å². The first-order valence-electron chi connectivity index (χ1n) is 8.99. The summed E-state index contributed by atoms with van der Waals surface area (Å²) in [7, 11) is -3.34. The van der Waals surface area contributed by atoms with Gasteiger partial charge in [-0.15, -0.1) is 0 Å². The number of halogens is 4. The molecular weight excluding hydrogens is 467 g/mol. The number of carbonyl (C=O) groups excluding carboxylic acids is 1. The van der Waals surface area contributed by atoms with Gasteiger partial charge in [0.1, 0.15) is 22.7 Å². The number of carbonyl (C=O) groups is 1. The van der Waals surface area contributed by atoms with Crippen LogP contribution in [-0.4, -0.2) is 26.5 Å². The van der Waals surface area contributed by atoms with Gasteiger partial charge in [-0.3, -0.25) is 4.98 Å². The van der Waals surface area contributed by atoms with Crippen molar-refractivity contribution in [2.24, 2.45) is 0 Å². The molecular formula is C22H15ClF3NO4S. The molecule has 0 aliphatic carbocycles.